The Bertz CT molecular complexity index is 625. The highest BCUT2D eigenvalue weighted by atomic mass is 35.5. The lowest BCUT2D eigenvalue weighted by atomic mass is 9.99. The second-order valence-electron chi connectivity index (χ2n) is 4.02. The summed E-state index contributed by atoms with van der Waals surface area (Å²) in [5, 5.41) is 0.334. The molecule has 0 spiro atoms. The molecule has 0 bridgehead atoms. The molecule has 4 heteroatoms. The van der Waals surface area contributed by atoms with Crippen LogP contribution >= 0.6 is 11.6 Å². The van der Waals surface area contributed by atoms with Gasteiger partial charge in [-0.3, -0.25) is 4.79 Å². The van der Waals surface area contributed by atoms with E-state index in [0.29, 0.717) is 27.4 Å². The van der Waals surface area contributed by atoms with E-state index in [2.05, 4.69) is 0 Å². The molecule has 0 heterocycles. The van der Waals surface area contributed by atoms with Crippen molar-refractivity contribution in [2.45, 2.75) is 6.92 Å². The van der Waals surface area contributed by atoms with Gasteiger partial charge in [0, 0.05) is 11.1 Å². The maximum absolute atomic E-state index is 13.0. The van der Waals surface area contributed by atoms with Gasteiger partial charge in [0.1, 0.15) is 5.82 Å². The fourth-order valence-corrected chi connectivity index (χ4v) is 1.89. The molecule has 0 fully saturated rings. The number of hydrogen-bond donors (Lipinski definition) is 1. The zero-order valence-electron chi connectivity index (χ0n) is 9.71. The summed E-state index contributed by atoms with van der Waals surface area (Å²) in [5.74, 6) is -0.561. The first-order valence-electron chi connectivity index (χ1n) is 5.35. The molecule has 0 aliphatic carbocycles. The highest BCUT2D eigenvalue weighted by Gasteiger charge is 2.13. The Morgan fingerprint density at radius 3 is 2.56 bits per heavy atom. The largest absolute Gasteiger partial charge is 0.398 e. The van der Waals surface area contributed by atoms with E-state index < -0.39 is 0 Å². The topological polar surface area (TPSA) is 43.1 Å². The van der Waals surface area contributed by atoms with E-state index in [-0.39, 0.29) is 11.6 Å². The number of rotatable bonds is 2. The molecule has 0 aliphatic heterocycles. The van der Waals surface area contributed by atoms with Crippen molar-refractivity contribution in [2.24, 2.45) is 0 Å². The van der Waals surface area contributed by atoms with Crippen molar-refractivity contribution in [3.05, 3.63) is 63.9 Å². The van der Waals surface area contributed by atoms with Crippen LogP contribution in [0.5, 0.6) is 0 Å². The van der Waals surface area contributed by atoms with Crippen molar-refractivity contribution in [1.82, 2.24) is 0 Å². The van der Waals surface area contributed by atoms with Crippen LogP contribution in [0, 0.1) is 12.7 Å². The lowest BCUT2D eigenvalue weighted by Gasteiger charge is -2.06. The average Bonchev–Trinajstić information content (AvgIpc) is 2.32. The molecule has 0 amide bonds. The number of anilines is 1. The smallest absolute Gasteiger partial charge is 0.193 e. The van der Waals surface area contributed by atoms with Gasteiger partial charge in [-0.25, -0.2) is 4.39 Å². The second kappa shape index (κ2) is 4.78. The van der Waals surface area contributed by atoms with Crippen molar-refractivity contribution in [3.8, 4) is 0 Å². The Morgan fingerprint density at radius 2 is 1.94 bits per heavy atom. The number of carbonyl (C=O) groups excluding carboxylic acids is 1. The highest BCUT2D eigenvalue weighted by molar-refractivity contribution is 6.33. The van der Waals surface area contributed by atoms with Crippen LogP contribution in [0.25, 0.3) is 0 Å². The van der Waals surface area contributed by atoms with E-state index in [4.69, 9.17) is 17.3 Å². The molecular weight excluding hydrogens is 253 g/mol. The maximum Gasteiger partial charge on any atom is 0.193 e. The van der Waals surface area contributed by atoms with Gasteiger partial charge < -0.3 is 5.73 Å². The summed E-state index contributed by atoms with van der Waals surface area (Å²) in [6.45, 7) is 1.69. The normalized spacial score (nSPS) is 10.4. The van der Waals surface area contributed by atoms with Gasteiger partial charge in [-0.1, -0.05) is 11.6 Å². The molecule has 0 saturated carbocycles. The first kappa shape index (κ1) is 12.6. The first-order chi connectivity index (χ1) is 8.49. The summed E-state index contributed by atoms with van der Waals surface area (Å²) < 4.78 is 13.0. The fraction of sp³-hybridized carbons (Fsp3) is 0.0714. The van der Waals surface area contributed by atoms with Gasteiger partial charge in [0.05, 0.1) is 10.7 Å². The van der Waals surface area contributed by atoms with E-state index in [0.717, 1.165) is 0 Å². The van der Waals surface area contributed by atoms with Crippen molar-refractivity contribution >= 4 is 23.1 Å². The minimum absolute atomic E-state index is 0.200. The highest BCUT2D eigenvalue weighted by Crippen LogP contribution is 2.22. The number of halogens is 2. The Hall–Kier alpha value is -1.87. The van der Waals surface area contributed by atoms with Crippen LogP contribution in [0.3, 0.4) is 0 Å². The number of hydrogen-bond acceptors (Lipinski definition) is 2. The molecule has 2 N–H and O–H groups in total. The molecular formula is C14H11ClFNO. The van der Waals surface area contributed by atoms with Gasteiger partial charge in [0.25, 0.3) is 0 Å². The molecule has 0 radical (unpaired) electrons. The Kier molecular flexibility index (Phi) is 3.34. The molecule has 0 aromatic heterocycles. The summed E-state index contributed by atoms with van der Waals surface area (Å²) in [7, 11) is 0. The molecule has 2 nitrogen and oxygen atoms in total. The van der Waals surface area contributed by atoms with Crippen molar-refractivity contribution < 1.29 is 9.18 Å². The molecule has 18 heavy (non-hydrogen) atoms. The van der Waals surface area contributed by atoms with Gasteiger partial charge in [-0.15, -0.1) is 0 Å². The van der Waals surface area contributed by atoms with Crippen molar-refractivity contribution in [3.63, 3.8) is 0 Å². The van der Waals surface area contributed by atoms with Crippen LogP contribution in [0.1, 0.15) is 21.5 Å². The van der Waals surface area contributed by atoms with E-state index in [1.807, 2.05) is 0 Å². The van der Waals surface area contributed by atoms with Gasteiger partial charge in [-0.05, 0) is 48.9 Å². The lowest BCUT2D eigenvalue weighted by Crippen LogP contribution is -2.04. The number of aryl methyl sites for hydroxylation is 1. The fourth-order valence-electron chi connectivity index (χ4n) is 1.71. The van der Waals surface area contributed by atoms with Crippen LogP contribution in [-0.4, -0.2) is 5.78 Å². The summed E-state index contributed by atoms with van der Waals surface area (Å²) in [4.78, 5) is 12.2. The van der Waals surface area contributed by atoms with E-state index in [9.17, 15) is 9.18 Å². The lowest BCUT2D eigenvalue weighted by molar-refractivity contribution is 0.103. The Labute approximate surface area is 109 Å². The zero-order chi connectivity index (χ0) is 13.3. The average molecular weight is 264 g/mol. The van der Waals surface area contributed by atoms with Crippen molar-refractivity contribution in [2.75, 3.05) is 5.73 Å². The number of ketones is 1. The molecule has 0 unspecified atom stereocenters. The van der Waals surface area contributed by atoms with Gasteiger partial charge in [-0.2, -0.15) is 0 Å². The first-order valence-corrected chi connectivity index (χ1v) is 5.72. The SMILES string of the molecule is Cc1cc(F)ccc1C(=O)c1ccc(N)c(Cl)c1. The number of carbonyl (C=O) groups is 1. The standard InChI is InChI=1S/C14H11ClFNO/c1-8-6-10(16)3-4-11(8)14(18)9-2-5-13(17)12(15)7-9/h2-7H,17H2,1H3. The predicted octanol–water partition coefficient (Wildman–Crippen LogP) is 3.60. The van der Waals surface area contributed by atoms with Crippen LogP contribution in [0.2, 0.25) is 5.02 Å². The number of benzene rings is 2. The Morgan fingerprint density at radius 1 is 1.22 bits per heavy atom. The van der Waals surface area contributed by atoms with Gasteiger partial charge in [0.15, 0.2) is 5.78 Å². The van der Waals surface area contributed by atoms with E-state index >= 15 is 0 Å². The number of nitrogens with two attached hydrogens (primary N) is 1. The Balaban J connectivity index is 2.44. The summed E-state index contributed by atoms with van der Waals surface area (Å²) >= 11 is 5.87. The molecule has 2 rings (SSSR count). The van der Waals surface area contributed by atoms with Crippen LogP contribution in [0.4, 0.5) is 10.1 Å². The van der Waals surface area contributed by atoms with Crippen LogP contribution < -0.4 is 5.73 Å². The van der Waals surface area contributed by atoms with E-state index in [1.54, 1.807) is 19.1 Å². The van der Waals surface area contributed by atoms with Crippen LogP contribution in [-0.2, 0) is 0 Å². The molecule has 0 atom stereocenters. The summed E-state index contributed by atoms with van der Waals surface area (Å²) in [6.07, 6.45) is 0. The predicted molar refractivity (Wildman–Crippen MR) is 70.4 cm³/mol. The molecule has 2 aromatic rings. The zero-order valence-corrected chi connectivity index (χ0v) is 10.5. The second-order valence-corrected chi connectivity index (χ2v) is 4.43. The third kappa shape index (κ3) is 2.36. The molecule has 0 aliphatic rings. The molecule has 2 aromatic carbocycles. The maximum atomic E-state index is 13.0. The number of nitrogen functional groups attached to an aromatic ring is 1. The summed E-state index contributed by atoms with van der Waals surface area (Å²) in [6, 6.07) is 8.76. The van der Waals surface area contributed by atoms with Crippen molar-refractivity contribution in [1.29, 1.82) is 0 Å². The monoisotopic (exact) mass is 263 g/mol. The summed E-state index contributed by atoms with van der Waals surface area (Å²) in [5.41, 5.74) is 7.49. The van der Waals surface area contributed by atoms with Gasteiger partial charge in [0.2, 0.25) is 0 Å². The van der Waals surface area contributed by atoms with Gasteiger partial charge >= 0.3 is 0 Å². The quantitative estimate of drug-likeness (QED) is 0.664. The van der Waals surface area contributed by atoms with Crippen LogP contribution in [0.15, 0.2) is 36.4 Å². The third-order valence-electron chi connectivity index (χ3n) is 2.70. The molecule has 0 saturated heterocycles. The minimum atomic E-state index is -0.362. The molecule has 92 valence electrons. The van der Waals surface area contributed by atoms with E-state index in [1.165, 1.54) is 24.3 Å². The minimum Gasteiger partial charge on any atom is -0.398 e. The third-order valence-corrected chi connectivity index (χ3v) is 3.02.